The average molecular weight is 259 g/mol. The van der Waals surface area contributed by atoms with Gasteiger partial charge < -0.3 is 9.64 Å². The van der Waals surface area contributed by atoms with Gasteiger partial charge in [-0.25, -0.2) is 0 Å². The monoisotopic (exact) mass is 259 g/mol. The van der Waals surface area contributed by atoms with E-state index in [0.29, 0.717) is 11.9 Å². The number of hydrogen-bond donors (Lipinski definition) is 0. The topological polar surface area (TPSA) is 29.5 Å². The second kappa shape index (κ2) is 5.24. The fourth-order valence-corrected chi connectivity index (χ4v) is 3.51. The average Bonchev–Trinajstić information content (AvgIpc) is 2.47. The van der Waals surface area contributed by atoms with Crippen molar-refractivity contribution in [2.75, 3.05) is 7.11 Å². The van der Waals surface area contributed by atoms with E-state index in [4.69, 9.17) is 4.74 Å². The standard InChI is InChI=1S/C16H21NO2/c1-19-14-10-8-12(9-11-14)15-6-2-4-13-5-3-7-16(18)17(13)15/h8-11,13,15H,2-7H2,1H3/t13-,15+/m0/s1. The van der Waals surface area contributed by atoms with Crippen LogP contribution in [0.1, 0.15) is 50.1 Å². The van der Waals surface area contributed by atoms with Crippen LogP contribution in [-0.4, -0.2) is 24.0 Å². The summed E-state index contributed by atoms with van der Waals surface area (Å²) in [7, 11) is 1.68. The first-order chi connectivity index (χ1) is 9.29. The van der Waals surface area contributed by atoms with Crippen LogP contribution >= 0.6 is 0 Å². The van der Waals surface area contributed by atoms with E-state index in [1.807, 2.05) is 12.1 Å². The molecule has 2 aliphatic heterocycles. The summed E-state index contributed by atoms with van der Waals surface area (Å²) in [6.45, 7) is 0. The Morgan fingerprint density at radius 2 is 1.84 bits per heavy atom. The fraction of sp³-hybridized carbons (Fsp3) is 0.562. The molecule has 2 aliphatic rings. The van der Waals surface area contributed by atoms with Crippen LogP contribution in [0.4, 0.5) is 0 Å². The molecule has 0 bridgehead atoms. The van der Waals surface area contributed by atoms with Crippen molar-refractivity contribution < 1.29 is 9.53 Å². The minimum atomic E-state index is 0.275. The van der Waals surface area contributed by atoms with Gasteiger partial charge in [0.25, 0.3) is 0 Å². The van der Waals surface area contributed by atoms with Crippen molar-refractivity contribution in [3.8, 4) is 5.75 Å². The summed E-state index contributed by atoms with van der Waals surface area (Å²) < 4.78 is 5.20. The zero-order valence-corrected chi connectivity index (χ0v) is 11.5. The van der Waals surface area contributed by atoms with Gasteiger partial charge in [0.05, 0.1) is 13.2 Å². The molecule has 3 rings (SSSR count). The minimum Gasteiger partial charge on any atom is -0.497 e. The van der Waals surface area contributed by atoms with Crippen LogP contribution in [0, 0.1) is 0 Å². The quantitative estimate of drug-likeness (QED) is 0.815. The number of amides is 1. The predicted molar refractivity (Wildman–Crippen MR) is 74.1 cm³/mol. The third-order valence-corrected chi connectivity index (χ3v) is 4.46. The van der Waals surface area contributed by atoms with Gasteiger partial charge in [0, 0.05) is 12.5 Å². The molecule has 0 N–H and O–H groups in total. The van der Waals surface area contributed by atoms with Crippen LogP contribution in [0.2, 0.25) is 0 Å². The van der Waals surface area contributed by atoms with Crippen molar-refractivity contribution in [1.82, 2.24) is 4.90 Å². The largest absolute Gasteiger partial charge is 0.497 e. The number of benzene rings is 1. The van der Waals surface area contributed by atoms with Crippen molar-refractivity contribution in [3.05, 3.63) is 29.8 Å². The molecule has 0 unspecified atom stereocenters. The summed E-state index contributed by atoms with van der Waals surface area (Å²) in [6, 6.07) is 8.95. The number of ether oxygens (including phenoxy) is 1. The fourth-order valence-electron chi connectivity index (χ4n) is 3.51. The molecule has 1 aromatic carbocycles. The number of rotatable bonds is 2. The summed E-state index contributed by atoms with van der Waals surface area (Å²) >= 11 is 0. The van der Waals surface area contributed by atoms with Crippen LogP contribution < -0.4 is 4.74 Å². The van der Waals surface area contributed by atoms with Gasteiger partial charge >= 0.3 is 0 Å². The number of hydrogen-bond acceptors (Lipinski definition) is 2. The van der Waals surface area contributed by atoms with E-state index in [9.17, 15) is 4.79 Å². The van der Waals surface area contributed by atoms with Gasteiger partial charge in [-0.15, -0.1) is 0 Å². The normalized spacial score (nSPS) is 27.0. The molecule has 19 heavy (non-hydrogen) atoms. The maximum Gasteiger partial charge on any atom is 0.223 e. The number of fused-ring (bicyclic) bond motifs is 1. The lowest BCUT2D eigenvalue weighted by atomic mass is 9.86. The maximum atomic E-state index is 12.2. The van der Waals surface area contributed by atoms with Crippen LogP contribution in [0.15, 0.2) is 24.3 Å². The molecular weight excluding hydrogens is 238 g/mol. The van der Waals surface area contributed by atoms with Gasteiger partial charge in [-0.05, 0) is 49.8 Å². The van der Waals surface area contributed by atoms with Crippen LogP contribution in [0.25, 0.3) is 0 Å². The van der Waals surface area contributed by atoms with E-state index >= 15 is 0 Å². The lowest BCUT2D eigenvalue weighted by Crippen LogP contribution is -2.48. The Morgan fingerprint density at radius 1 is 1.11 bits per heavy atom. The minimum absolute atomic E-state index is 0.275. The molecule has 0 spiro atoms. The highest BCUT2D eigenvalue weighted by Crippen LogP contribution is 2.39. The van der Waals surface area contributed by atoms with Gasteiger partial charge in [-0.2, -0.15) is 0 Å². The van der Waals surface area contributed by atoms with Crippen LogP contribution in [0.5, 0.6) is 5.75 Å². The van der Waals surface area contributed by atoms with Gasteiger partial charge in [0.1, 0.15) is 5.75 Å². The van der Waals surface area contributed by atoms with Crippen molar-refractivity contribution >= 4 is 5.91 Å². The molecule has 2 heterocycles. The van der Waals surface area contributed by atoms with Crippen molar-refractivity contribution in [3.63, 3.8) is 0 Å². The zero-order valence-electron chi connectivity index (χ0n) is 11.5. The van der Waals surface area contributed by atoms with Crippen molar-refractivity contribution in [1.29, 1.82) is 0 Å². The van der Waals surface area contributed by atoms with Gasteiger partial charge in [0.2, 0.25) is 5.91 Å². The molecule has 3 nitrogen and oxygen atoms in total. The van der Waals surface area contributed by atoms with Crippen LogP contribution in [-0.2, 0) is 4.79 Å². The Bertz CT molecular complexity index is 452. The van der Waals surface area contributed by atoms with Crippen molar-refractivity contribution in [2.24, 2.45) is 0 Å². The van der Waals surface area contributed by atoms with Crippen LogP contribution in [0.3, 0.4) is 0 Å². The molecule has 0 aromatic heterocycles. The number of carbonyl (C=O) groups excluding carboxylic acids is 1. The predicted octanol–water partition coefficient (Wildman–Crippen LogP) is 3.30. The second-order valence-electron chi connectivity index (χ2n) is 5.57. The Kier molecular flexibility index (Phi) is 3.45. The first-order valence-electron chi connectivity index (χ1n) is 7.24. The van der Waals surface area contributed by atoms with E-state index in [1.54, 1.807) is 7.11 Å². The molecule has 2 fully saturated rings. The van der Waals surface area contributed by atoms with Gasteiger partial charge in [0.15, 0.2) is 0 Å². The summed E-state index contributed by atoms with van der Waals surface area (Å²) in [6.07, 6.45) is 6.47. The lowest BCUT2D eigenvalue weighted by Gasteiger charge is -2.45. The Morgan fingerprint density at radius 3 is 2.58 bits per heavy atom. The molecule has 0 saturated carbocycles. The smallest absolute Gasteiger partial charge is 0.223 e. The molecular formula is C16H21NO2. The second-order valence-corrected chi connectivity index (χ2v) is 5.57. The number of piperidine rings is 2. The number of carbonyl (C=O) groups is 1. The highest BCUT2D eigenvalue weighted by molar-refractivity contribution is 5.78. The lowest BCUT2D eigenvalue weighted by molar-refractivity contribution is -0.142. The van der Waals surface area contributed by atoms with E-state index in [1.165, 1.54) is 24.8 Å². The Hall–Kier alpha value is -1.51. The SMILES string of the molecule is COc1ccc([C@H]2CCC[C@H]3CCCC(=O)N32)cc1. The van der Waals surface area contributed by atoms with E-state index in [-0.39, 0.29) is 6.04 Å². The number of nitrogens with zero attached hydrogens (tertiary/aromatic N) is 1. The van der Waals surface area contributed by atoms with Gasteiger partial charge in [-0.3, -0.25) is 4.79 Å². The molecule has 0 radical (unpaired) electrons. The number of methoxy groups -OCH3 is 1. The molecule has 0 aliphatic carbocycles. The Labute approximate surface area is 114 Å². The zero-order chi connectivity index (χ0) is 13.2. The summed E-state index contributed by atoms with van der Waals surface area (Å²) in [4.78, 5) is 14.4. The highest BCUT2D eigenvalue weighted by atomic mass is 16.5. The Balaban J connectivity index is 1.86. The van der Waals surface area contributed by atoms with E-state index in [0.717, 1.165) is 25.0 Å². The molecule has 2 atom stereocenters. The first-order valence-corrected chi connectivity index (χ1v) is 7.24. The molecule has 1 aromatic rings. The first kappa shape index (κ1) is 12.5. The van der Waals surface area contributed by atoms with Crippen molar-refractivity contribution in [2.45, 2.75) is 50.6 Å². The van der Waals surface area contributed by atoms with E-state index < -0.39 is 0 Å². The summed E-state index contributed by atoms with van der Waals surface area (Å²) in [5, 5.41) is 0. The third kappa shape index (κ3) is 2.34. The molecule has 3 heteroatoms. The highest BCUT2D eigenvalue weighted by Gasteiger charge is 2.36. The third-order valence-electron chi connectivity index (χ3n) is 4.46. The summed E-state index contributed by atoms with van der Waals surface area (Å²) in [5.74, 6) is 1.22. The van der Waals surface area contributed by atoms with E-state index in [2.05, 4.69) is 17.0 Å². The molecule has 2 saturated heterocycles. The molecule has 102 valence electrons. The maximum absolute atomic E-state index is 12.2. The van der Waals surface area contributed by atoms with Gasteiger partial charge in [-0.1, -0.05) is 12.1 Å². The molecule has 1 amide bonds. The summed E-state index contributed by atoms with van der Waals surface area (Å²) in [5.41, 5.74) is 1.25.